The zero-order valence-corrected chi connectivity index (χ0v) is 12.0. The van der Waals surface area contributed by atoms with Gasteiger partial charge in [0.1, 0.15) is 5.75 Å². The van der Waals surface area contributed by atoms with Gasteiger partial charge in [0, 0.05) is 19.2 Å². The SMILES string of the molecule is COc1ccccc1CC(C)N(C)c1ccc(C=O)o1. The first kappa shape index (κ1) is 14.2. The van der Waals surface area contributed by atoms with Crippen LogP contribution in [0.25, 0.3) is 0 Å². The molecule has 1 aromatic heterocycles. The monoisotopic (exact) mass is 273 g/mol. The first-order chi connectivity index (χ1) is 9.65. The number of anilines is 1. The van der Waals surface area contributed by atoms with Gasteiger partial charge in [-0.15, -0.1) is 0 Å². The molecule has 0 spiro atoms. The normalized spacial score (nSPS) is 11.9. The van der Waals surface area contributed by atoms with Crippen LogP contribution in [0.4, 0.5) is 5.88 Å². The molecule has 1 atom stereocenters. The number of ether oxygens (including phenoxy) is 1. The van der Waals surface area contributed by atoms with Gasteiger partial charge >= 0.3 is 0 Å². The zero-order valence-electron chi connectivity index (χ0n) is 12.0. The average Bonchev–Trinajstić information content (AvgIpc) is 2.95. The highest BCUT2D eigenvalue weighted by molar-refractivity contribution is 5.71. The van der Waals surface area contributed by atoms with Gasteiger partial charge in [0.05, 0.1) is 7.11 Å². The Kier molecular flexibility index (Phi) is 4.45. The number of carbonyl (C=O) groups excluding carboxylic acids is 1. The second-order valence-corrected chi connectivity index (χ2v) is 4.77. The van der Waals surface area contributed by atoms with Gasteiger partial charge in [-0.1, -0.05) is 18.2 Å². The molecular weight excluding hydrogens is 254 g/mol. The molecule has 0 N–H and O–H groups in total. The van der Waals surface area contributed by atoms with Gasteiger partial charge in [-0.05, 0) is 31.0 Å². The summed E-state index contributed by atoms with van der Waals surface area (Å²) >= 11 is 0. The van der Waals surface area contributed by atoms with E-state index in [4.69, 9.17) is 9.15 Å². The van der Waals surface area contributed by atoms with Gasteiger partial charge in [0.2, 0.25) is 0 Å². The average molecular weight is 273 g/mol. The Labute approximate surface area is 119 Å². The smallest absolute Gasteiger partial charge is 0.196 e. The van der Waals surface area contributed by atoms with Crippen molar-refractivity contribution in [2.45, 2.75) is 19.4 Å². The summed E-state index contributed by atoms with van der Waals surface area (Å²) < 4.78 is 10.8. The standard InChI is InChI=1S/C16H19NO3/c1-12(10-13-6-4-5-7-15(13)19-3)17(2)16-9-8-14(11-18)20-16/h4-9,11-12H,10H2,1-3H3. The number of methoxy groups -OCH3 is 1. The number of furan rings is 1. The molecular formula is C16H19NO3. The van der Waals surface area contributed by atoms with Gasteiger partial charge in [0.15, 0.2) is 17.9 Å². The van der Waals surface area contributed by atoms with Gasteiger partial charge in [-0.2, -0.15) is 0 Å². The van der Waals surface area contributed by atoms with Crippen molar-refractivity contribution in [1.82, 2.24) is 0 Å². The molecule has 0 radical (unpaired) electrons. The van der Waals surface area contributed by atoms with Crippen molar-refractivity contribution in [1.29, 1.82) is 0 Å². The fourth-order valence-corrected chi connectivity index (χ4v) is 2.14. The predicted molar refractivity (Wildman–Crippen MR) is 78.7 cm³/mol. The van der Waals surface area contributed by atoms with Crippen LogP contribution in [-0.4, -0.2) is 26.5 Å². The Morgan fingerprint density at radius 3 is 2.70 bits per heavy atom. The highest BCUT2D eigenvalue weighted by Gasteiger charge is 2.15. The first-order valence-electron chi connectivity index (χ1n) is 6.55. The molecule has 2 aromatic rings. The number of likely N-dealkylation sites (N-methyl/N-ethyl adjacent to an activating group) is 1. The van der Waals surface area contributed by atoms with Crippen molar-refractivity contribution in [3.05, 3.63) is 47.7 Å². The van der Waals surface area contributed by atoms with Crippen LogP contribution in [0.1, 0.15) is 23.0 Å². The fraction of sp³-hybridized carbons (Fsp3) is 0.312. The summed E-state index contributed by atoms with van der Waals surface area (Å²) in [6.07, 6.45) is 1.54. The predicted octanol–water partition coefficient (Wildman–Crippen LogP) is 3.17. The Hall–Kier alpha value is -2.23. The van der Waals surface area contributed by atoms with Crippen LogP contribution >= 0.6 is 0 Å². The summed E-state index contributed by atoms with van der Waals surface area (Å²) in [7, 11) is 3.63. The maximum Gasteiger partial charge on any atom is 0.196 e. The second kappa shape index (κ2) is 6.28. The van der Waals surface area contributed by atoms with Crippen molar-refractivity contribution < 1.29 is 13.9 Å². The van der Waals surface area contributed by atoms with Gasteiger partial charge in [-0.25, -0.2) is 0 Å². The Bertz CT molecular complexity index is 577. The van der Waals surface area contributed by atoms with E-state index in [1.807, 2.05) is 36.2 Å². The van der Waals surface area contributed by atoms with Crippen LogP contribution in [-0.2, 0) is 6.42 Å². The van der Waals surface area contributed by atoms with Crippen LogP contribution in [0.15, 0.2) is 40.8 Å². The molecule has 2 rings (SSSR count). The molecule has 0 aliphatic rings. The molecule has 1 aromatic carbocycles. The third-order valence-electron chi connectivity index (χ3n) is 3.45. The van der Waals surface area contributed by atoms with E-state index in [1.54, 1.807) is 13.2 Å². The highest BCUT2D eigenvalue weighted by atomic mass is 16.5. The van der Waals surface area contributed by atoms with Gasteiger partial charge < -0.3 is 14.1 Å². The Balaban J connectivity index is 2.10. The molecule has 0 aliphatic carbocycles. The minimum absolute atomic E-state index is 0.219. The first-order valence-corrected chi connectivity index (χ1v) is 6.55. The lowest BCUT2D eigenvalue weighted by molar-refractivity contribution is 0.110. The number of nitrogens with zero attached hydrogens (tertiary/aromatic N) is 1. The molecule has 0 amide bonds. The molecule has 106 valence electrons. The van der Waals surface area contributed by atoms with Crippen molar-refractivity contribution in [3.8, 4) is 5.75 Å². The maximum atomic E-state index is 10.7. The van der Waals surface area contributed by atoms with Crippen LogP contribution in [0.3, 0.4) is 0 Å². The number of aldehydes is 1. The number of hydrogen-bond donors (Lipinski definition) is 0. The molecule has 4 heteroatoms. The van der Waals surface area contributed by atoms with Crippen LogP contribution in [0.2, 0.25) is 0 Å². The lowest BCUT2D eigenvalue weighted by atomic mass is 10.1. The topological polar surface area (TPSA) is 42.7 Å². The van der Waals surface area contributed by atoms with E-state index in [0.717, 1.165) is 17.7 Å². The number of rotatable bonds is 6. The van der Waals surface area contributed by atoms with Crippen molar-refractivity contribution in [2.24, 2.45) is 0 Å². The molecule has 0 fully saturated rings. The lowest BCUT2D eigenvalue weighted by Crippen LogP contribution is -2.30. The molecule has 0 aliphatic heterocycles. The number of carbonyl (C=O) groups is 1. The largest absolute Gasteiger partial charge is 0.496 e. The summed E-state index contributed by atoms with van der Waals surface area (Å²) in [5.74, 6) is 1.92. The Morgan fingerprint density at radius 2 is 2.05 bits per heavy atom. The number of para-hydroxylation sites is 1. The maximum absolute atomic E-state index is 10.7. The van der Waals surface area contributed by atoms with Gasteiger partial charge in [-0.3, -0.25) is 4.79 Å². The van der Waals surface area contributed by atoms with Crippen LogP contribution in [0, 0.1) is 0 Å². The van der Waals surface area contributed by atoms with E-state index in [2.05, 4.69) is 13.0 Å². The van der Waals surface area contributed by atoms with Crippen LogP contribution in [0.5, 0.6) is 5.75 Å². The van der Waals surface area contributed by atoms with E-state index in [1.165, 1.54) is 0 Å². The molecule has 1 unspecified atom stereocenters. The van der Waals surface area contributed by atoms with E-state index in [-0.39, 0.29) is 6.04 Å². The molecule has 0 bridgehead atoms. The summed E-state index contributed by atoms with van der Waals surface area (Å²) in [5.41, 5.74) is 1.15. The quantitative estimate of drug-likeness (QED) is 0.758. The second-order valence-electron chi connectivity index (χ2n) is 4.77. The van der Waals surface area contributed by atoms with E-state index < -0.39 is 0 Å². The molecule has 0 saturated heterocycles. The zero-order chi connectivity index (χ0) is 14.5. The van der Waals surface area contributed by atoms with Crippen molar-refractivity contribution in [2.75, 3.05) is 19.1 Å². The third kappa shape index (κ3) is 3.02. The van der Waals surface area contributed by atoms with Crippen molar-refractivity contribution in [3.63, 3.8) is 0 Å². The third-order valence-corrected chi connectivity index (χ3v) is 3.45. The van der Waals surface area contributed by atoms with E-state index in [0.29, 0.717) is 17.9 Å². The molecule has 20 heavy (non-hydrogen) atoms. The summed E-state index contributed by atoms with van der Waals surface area (Å²) in [4.78, 5) is 12.7. The molecule has 1 heterocycles. The van der Waals surface area contributed by atoms with Gasteiger partial charge in [0.25, 0.3) is 0 Å². The Morgan fingerprint density at radius 1 is 1.30 bits per heavy atom. The summed E-state index contributed by atoms with van der Waals surface area (Å²) in [6.45, 7) is 2.11. The fourth-order valence-electron chi connectivity index (χ4n) is 2.14. The lowest BCUT2D eigenvalue weighted by Gasteiger charge is -2.25. The van der Waals surface area contributed by atoms with Crippen LogP contribution < -0.4 is 9.64 Å². The number of benzene rings is 1. The molecule has 4 nitrogen and oxygen atoms in total. The van der Waals surface area contributed by atoms with E-state index >= 15 is 0 Å². The summed E-state index contributed by atoms with van der Waals surface area (Å²) in [5, 5.41) is 0. The van der Waals surface area contributed by atoms with E-state index in [9.17, 15) is 4.79 Å². The summed E-state index contributed by atoms with van der Waals surface area (Å²) in [6, 6.07) is 11.7. The minimum Gasteiger partial charge on any atom is -0.496 e. The highest BCUT2D eigenvalue weighted by Crippen LogP contribution is 2.23. The van der Waals surface area contributed by atoms with Crippen molar-refractivity contribution >= 4 is 12.2 Å². The number of hydrogen-bond acceptors (Lipinski definition) is 4. The minimum atomic E-state index is 0.219. The molecule has 0 saturated carbocycles.